The summed E-state index contributed by atoms with van der Waals surface area (Å²) >= 11 is 0. The molecule has 2 aromatic rings. The van der Waals surface area contributed by atoms with Crippen molar-refractivity contribution >= 4 is 11.6 Å². The van der Waals surface area contributed by atoms with Gasteiger partial charge in [-0.2, -0.15) is 0 Å². The van der Waals surface area contributed by atoms with E-state index < -0.39 is 0 Å². The normalized spacial score (nSPS) is 16.4. The summed E-state index contributed by atoms with van der Waals surface area (Å²) in [5.74, 6) is -0.247. The molecule has 1 fully saturated rings. The SMILES string of the molecule is C/C=C(\C)NC(=O)[C@H]1CCCN(c2ccccc2F)C1.COc1cccc(C)c1F. The summed E-state index contributed by atoms with van der Waals surface area (Å²) in [5.41, 5.74) is 2.06. The van der Waals surface area contributed by atoms with Crippen LogP contribution in [0.2, 0.25) is 0 Å². The number of rotatable bonds is 4. The van der Waals surface area contributed by atoms with Crippen molar-refractivity contribution in [1.29, 1.82) is 0 Å². The Balaban J connectivity index is 0.000000269. The fourth-order valence-electron chi connectivity index (χ4n) is 3.26. The average molecular weight is 417 g/mol. The Morgan fingerprint density at radius 1 is 1.20 bits per heavy atom. The molecule has 2 aromatic carbocycles. The maximum absolute atomic E-state index is 13.8. The number of hydrogen-bond acceptors (Lipinski definition) is 3. The Morgan fingerprint density at radius 2 is 1.93 bits per heavy atom. The van der Waals surface area contributed by atoms with Crippen molar-refractivity contribution < 1.29 is 18.3 Å². The molecule has 1 aliphatic heterocycles. The number of methoxy groups -OCH3 is 1. The number of nitrogens with one attached hydrogen (secondary N) is 1. The highest BCUT2D eigenvalue weighted by molar-refractivity contribution is 5.81. The molecule has 0 aliphatic carbocycles. The molecule has 1 amide bonds. The van der Waals surface area contributed by atoms with Crippen LogP contribution in [0.5, 0.6) is 5.75 Å². The van der Waals surface area contributed by atoms with Gasteiger partial charge in [0.15, 0.2) is 11.6 Å². The third kappa shape index (κ3) is 6.31. The standard InChI is InChI=1S/C16H21FN2O.C8H9FO/c1-3-12(2)18-16(20)13-7-6-10-19(11-13)15-9-5-4-8-14(15)17;1-6-4-3-5-7(10-2)8(6)9/h3-5,8-9,13H,6-7,10-11H2,1-2H3,(H,18,20);3-5H,1-2H3/b12-3+;/t13-;/m0./s1. The predicted molar refractivity (Wildman–Crippen MR) is 117 cm³/mol. The minimum Gasteiger partial charge on any atom is -0.494 e. The highest BCUT2D eigenvalue weighted by Gasteiger charge is 2.27. The lowest BCUT2D eigenvalue weighted by atomic mass is 9.96. The molecule has 0 radical (unpaired) electrons. The van der Waals surface area contributed by atoms with Gasteiger partial charge in [-0.1, -0.05) is 30.3 Å². The fourth-order valence-corrected chi connectivity index (χ4v) is 3.26. The molecule has 1 N–H and O–H groups in total. The number of carbonyl (C=O) groups is 1. The van der Waals surface area contributed by atoms with Crippen LogP contribution in [0.4, 0.5) is 14.5 Å². The zero-order chi connectivity index (χ0) is 22.1. The Morgan fingerprint density at radius 3 is 2.57 bits per heavy atom. The second kappa shape index (κ2) is 11.3. The minimum atomic E-state index is -0.273. The van der Waals surface area contributed by atoms with E-state index in [1.807, 2.05) is 30.9 Å². The molecule has 6 heteroatoms. The van der Waals surface area contributed by atoms with Gasteiger partial charge in [0.1, 0.15) is 5.82 Å². The number of ether oxygens (including phenoxy) is 1. The minimum absolute atomic E-state index is 0.0293. The zero-order valence-electron chi connectivity index (χ0n) is 18.0. The second-order valence-electron chi connectivity index (χ2n) is 7.29. The monoisotopic (exact) mass is 416 g/mol. The van der Waals surface area contributed by atoms with Crippen LogP contribution in [0.15, 0.2) is 54.2 Å². The number of amides is 1. The highest BCUT2D eigenvalue weighted by atomic mass is 19.1. The van der Waals surface area contributed by atoms with Gasteiger partial charge in [0.25, 0.3) is 0 Å². The summed E-state index contributed by atoms with van der Waals surface area (Å²) < 4.78 is 31.4. The van der Waals surface area contributed by atoms with E-state index >= 15 is 0 Å². The maximum atomic E-state index is 13.8. The van der Waals surface area contributed by atoms with E-state index in [9.17, 15) is 13.6 Å². The third-order valence-corrected chi connectivity index (χ3v) is 5.11. The number of hydrogen-bond donors (Lipinski definition) is 1. The Bertz CT molecular complexity index is 883. The van der Waals surface area contributed by atoms with Crippen LogP contribution in [0.1, 0.15) is 32.3 Å². The van der Waals surface area contributed by atoms with Gasteiger partial charge in [0, 0.05) is 18.8 Å². The van der Waals surface area contributed by atoms with Crippen molar-refractivity contribution in [3.63, 3.8) is 0 Å². The van der Waals surface area contributed by atoms with Gasteiger partial charge in [-0.05, 0) is 57.4 Å². The molecule has 162 valence electrons. The molecule has 1 atom stereocenters. The van der Waals surface area contributed by atoms with Gasteiger partial charge in [-0.15, -0.1) is 0 Å². The van der Waals surface area contributed by atoms with Gasteiger partial charge < -0.3 is 15.0 Å². The van der Waals surface area contributed by atoms with Crippen molar-refractivity contribution in [3.05, 3.63) is 71.4 Å². The summed E-state index contributed by atoms with van der Waals surface area (Å²) in [5, 5.41) is 2.89. The number of benzene rings is 2. The lowest BCUT2D eigenvalue weighted by molar-refractivity contribution is -0.124. The summed E-state index contributed by atoms with van der Waals surface area (Å²) in [6, 6.07) is 11.8. The van der Waals surface area contributed by atoms with E-state index in [2.05, 4.69) is 5.32 Å². The molecule has 0 aromatic heterocycles. The number of piperidine rings is 1. The average Bonchev–Trinajstić information content (AvgIpc) is 2.76. The number of para-hydroxylation sites is 1. The first-order valence-corrected chi connectivity index (χ1v) is 10.1. The van der Waals surface area contributed by atoms with Crippen LogP contribution >= 0.6 is 0 Å². The third-order valence-electron chi connectivity index (χ3n) is 5.11. The molecule has 0 saturated carbocycles. The molecule has 1 saturated heterocycles. The molecule has 0 spiro atoms. The first-order valence-electron chi connectivity index (χ1n) is 10.1. The van der Waals surface area contributed by atoms with Crippen molar-refractivity contribution in [2.45, 2.75) is 33.6 Å². The quantitative estimate of drug-likeness (QED) is 0.743. The van der Waals surface area contributed by atoms with Gasteiger partial charge in [-0.3, -0.25) is 4.79 Å². The lowest BCUT2D eigenvalue weighted by Gasteiger charge is -2.33. The van der Waals surface area contributed by atoms with Crippen molar-refractivity contribution in [2.24, 2.45) is 5.92 Å². The molecule has 4 nitrogen and oxygen atoms in total. The molecule has 0 unspecified atom stereocenters. The predicted octanol–water partition coefficient (Wildman–Crippen LogP) is 5.22. The maximum Gasteiger partial charge on any atom is 0.229 e. The van der Waals surface area contributed by atoms with E-state index in [1.165, 1.54) is 13.2 Å². The summed E-state index contributed by atoms with van der Waals surface area (Å²) in [7, 11) is 1.46. The summed E-state index contributed by atoms with van der Waals surface area (Å²) in [4.78, 5) is 14.1. The molecular weight excluding hydrogens is 386 g/mol. The van der Waals surface area contributed by atoms with Crippen molar-refractivity contribution in [2.75, 3.05) is 25.1 Å². The molecule has 30 heavy (non-hydrogen) atoms. The molecule has 1 heterocycles. The van der Waals surface area contributed by atoms with Crippen molar-refractivity contribution in [1.82, 2.24) is 5.32 Å². The first-order chi connectivity index (χ1) is 14.4. The summed E-state index contributed by atoms with van der Waals surface area (Å²) in [6.07, 6.45) is 3.63. The van der Waals surface area contributed by atoms with Crippen molar-refractivity contribution in [3.8, 4) is 5.75 Å². The number of anilines is 1. The summed E-state index contributed by atoms with van der Waals surface area (Å²) in [6.45, 7) is 6.84. The number of aryl methyl sites for hydroxylation is 1. The first kappa shape index (κ1) is 23.4. The largest absolute Gasteiger partial charge is 0.494 e. The van der Waals surface area contributed by atoms with E-state index in [-0.39, 0.29) is 23.5 Å². The van der Waals surface area contributed by atoms with Gasteiger partial charge in [0.2, 0.25) is 5.91 Å². The van der Waals surface area contributed by atoms with E-state index in [0.717, 1.165) is 25.1 Å². The van der Waals surface area contributed by atoms with E-state index in [1.54, 1.807) is 37.3 Å². The lowest BCUT2D eigenvalue weighted by Crippen LogP contribution is -2.43. The molecule has 3 rings (SSSR count). The zero-order valence-corrected chi connectivity index (χ0v) is 18.0. The van der Waals surface area contributed by atoms with Crippen LogP contribution in [-0.4, -0.2) is 26.1 Å². The molecule has 0 bridgehead atoms. The Kier molecular flexibility index (Phi) is 8.84. The number of allylic oxidation sites excluding steroid dienone is 2. The van der Waals surface area contributed by atoms with Crippen LogP contribution in [0, 0.1) is 24.5 Å². The molecule has 1 aliphatic rings. The van der Waals surface area contributed by atoms with Crippen LogP contribution in [0.3, 0.4) is 0 Å². The second-order valence-corrected chi connectivity index (χ2v) is 7.29. The van der Waals surface area contributed by atoms with Gasteiger partial charge in [-0.25, -0.2) is 8.78 Å². The molecular formula is C24H30F2N2O2. The topological polar surface area (TPSA) is 41.6 Å². The number of carbonyl (C=O) groups excluding carboxylic acids is 1. The van der Waals surface area contributed by atoms with Crippen LogP contribution in [0.25, 0.3) is 0 Å². The fraction of sp³-hybridized carbons (Fsp3) is 0.375. The van der Waals surface area contributed by atoms with Gasteiger partial charge >= 0.3 is 0 Å². The van der Waals surface area contributed by atoms with E-state index in [0.29, 0.717) is 23.5 Å². The van der Waals surface area contributed by atoms with Gasteiger partial charge in [0.05, 0.1) is 18.7 Å². The van der Waals surface area contributed by atoms with E-state index in [4.69, 9.17) is 4.74 Å². The Hall–Kier alpha value is -2.89. The highest BCUT2D eigenvalue weighted by Crippen LogP contribution is 2.25. The smallest absolute Gasteiger partial charge is 0.229 e. The Labute approximate surface area is 177 Å². The van der Waals surface area contributed by atoms with Crippen LogP contribution < -0.4 is 15.0 Å². The number of nitrogens with zero attached hydrogens (tertiary/aromatic N) is 1. The number of halogens is 2. The van der Waals surface area contributed by atoms with Crippen LogP contribution in [-0.2, 0) is 4.79 Å².